The molecule has 2 heterocycles. The Bertz CT molecular complexity index is 1090. The average Bonchev–Trinajstić information content (AvgIpc) is 3.20. The van der Waals surface area contributed by atoms with Crippen LogP contribution in [0.15, 0.2) is 38.4 Å². The minimum atomic E-state index is -4.71. The highest BCUT2D eigenvalue weighted by Crippen LogP contribution is 2.30. The van der Waals surface area contributed by atoms with Gasteiger partial charge in [-0.15, -0.1) is 0 Å². The topological polar surface area (TPSA) is 91.6 Å². The van der Waals surface area contributed by atoms with Crippen LogP contribution in [0.1, 0.15) is 5.89 Å². The first-order valence-electron chi connectivity index (χ1n) is 8.79. The smallest absolute Gasteiger partial charge is 0.364 e. The van der Waals surface area contributed by atoms with Gasteiger partial charge in [-0.3, -0.25) is 9.59 Å². The number of nitrogens with one attached hydrogen (secondary N) is 1. The molecular weight excluding hydrogens is 391 g/mol. The summed E-state index contributed by atoms with van der Waals surface area (Å²) in [7, 11) is 1.99. The van der Waals surface area contributed by atoms with Gasteiger partial charge in [0.15, 0.2) is 0 Å². The molecule has 0 aliphatic carbocycles. The summed E-state index contributed by atoms with van der Waals surface area (Å²) in [6, 6.07) is 6.11. The number of rotatable bonds is 4. The van der Waals surface area contributed by atoms with Crippen molar-refractivity contribution < 1.29 is 17.7 Å². The Morgan fingerprint density at radius 3 is 2.28 bits per heavy atom. The van der Waals surface area contributed by atoms with Crippen LogP contribution in [0.4, 0.5) is 30.2 Å². The summed E-state index contributed by atoms with van der Waals surface area (Å²) < 4.78 is 41.9. The lowest BCUT2D eigenvalue weighted by Crippen LogP contribution is -2.50. The molecule has 1 N–H and O–H groups in total. The third-order valence-electron chi connectivity index (χ3n) is 4.79. The molecule has 0 saturated carbocycles. The van der Waals surface area contributed by atoms with E-state index in [1.807, 2.05) is 11.9 Å². The molecule has 4 rings (SSSR count). The number of anilines is 3. The molecule has 0 atom stereocenters. The molecule has 0 radical (unpaired) electrons. The fourth-order valence-electron chi connectivity index (χ4n) is 3.13. The largest absolute Gasteiger partial charge is 0.471 e. The van der Waals surface area contributed by atoms with E-state index in [-0.39, 0.29) is 11.5 Å². The first-order chi connectivity index (χ1) is 13.7. The van der Waals surface area contributed by atoms with Crippen molar-refractivity contribution in [2.24, 2.45) is 0 Å². The van der Waals surface area contributed by atoms with Crippen molar-refractivity contribution >= 4 is 17.1 Å². The van der Waals surface area contributed by atoms with E-state index in [0.717, 1.165) is 13.1 Å². The van der Waals surface area contributed by atoms with Crippen LogP contribution in [0, 0.1) is 0 Å². The Morgan fingerprint density at radius 1 is 1.03 bits per heavy atom. The maximum Gasteiger partial charge on any atom is 0.471 e. The highest BCUT2D eigenvalue weighted by molar-refractivity contribution is 5.80. The third kappa shape index (κ3) is 3.60. The average molecular weight is 407 g/mol. The number of alkyl halides is 3. The molecule has 1 aliphatic heterocycles. The molecule has 1 aromatic heterocycles. The van der Waals surface area contributed by atoms with Crippen molar-refractivity contribution in [3.63, 3.8) is 0 Å². The van der Waals surface area contributed by atoms with Crippen LogP contribution in [-0.2, 0) is 6.18 Å². The van der Waals surface area contributed by atoms with Crippen LogP contribution in [0.25, 0.3) is 11.4 Å². The molecule has 1 aliphatic rings. The minimum Gasteiger partial charge on any atom is -0.364 e. The van der Waals surface area contributed by atoms with Gasteiger partial charge in [-0.05, 0) is 31.3 Å². The molecule has 0 bridgehead atoms. The second-order valence-corrected chi connectivity index (χ2v) is 6.80. The molecule has 1 saturated heterocycles. The lowest BCUT2D eigenvalue weighted by molar-refractivity contribution is -0.159. The zero-order valence-corrected chi connectivity index (χ0v) is 15.3. The molecule has 1 fully saturated rings. The summed E-state index contributed by atoms with van der Waals surface area (Å²) in [5, 5.41) is 6.26. The van der Waals surface area contributed by atoms with Crippen molar-refractivity contribution in [2.75, 3.05) is 43.4 Å². The summed E-state index contributed by atoms with van der Waals surface area (Å²) in [6.07, 6.45) is -4.71. The fraction of sp³-hybridized carbons (Fsp3) is 0.333. The molecule has 8 nitrogen and oxygen atoms in total. The summed E-state index contributed by atoms with van der Waals surface area (Å²) in [4.78, 5) is 31.4. The zero-order valence-electron chi connectivity index (χ0n) is 15.3. The van der Waals surface area contributed by atoms with Gasteiger partial charge in [0.05, 0.1) is 0 Å². The van der Waals surface area contributed by atoms with Gasteiger partial charge >= 0.3 is 12.1 Å². The molecular formula is C18H16F3N5O3. The summed E-state index contributed by atoms with van der Waals surface area (Å²) in [5.41, 5.74) is 0.331. The Kier molecular flexibility index (Phi) is 4.61. The molecule has 0 spiro atoms. The monoisotopic (exact) mass is 407 g/mol. The van der Waals surface area contributed by atoms with Crippen molar-refractivity contribution in [3.05, 3.63) is 50.6 Å². The Morgan fingerprint density at radius 2 is 1.69 bits per heavy atom. The van der Waals surface area contributed by atoms with Crippen LogP contribution in [0.5, 0.6) is 0 Å². The van der Waals surface area contributed by atoms with Crippen LogP contribution in [0.3, 0.4) is 0 Å². The fourth-order valence-corrected chi connectivity index (χ4v) is 3.13. The van der Waals surface area contributed by atoms with Crippen LogP contribution >= 0.6 is 0 Å². The number of benzene rings is 1. The van der Waals surface area contributed by atoms with Gasteiger partial charge in [-0.2, -0.15) is 18.2 Å². The van der Waals surface area contributed by atoms with Gasteiger partial charge in [-0.25, -0.2) is 0 Å². The quantitative estimate of drug-likeness (QED) is 0.656. The SMILES string of the molecule is CN1CCN(c2c(Nc3ccc(-c4noc(C(F)(F)F)n4)cc3)c(=O)c2=O)CC1. The molecule has 0 unspecified atom stereocenters. The number of likely N-dealkylation sites (N-methyl/N-ethyl adjacent to an activating group) is 1. The van der Waals surface area contributed by atoms with Crippen LogP contribution in [0.2, 0.25) is 0 Å². The zero-order chi connectivity index (χ0) is 20.8. The van der Waals surface area contributed by atoms with Gasteiger partial charge in [0, 0.05) is 37.4 Å². The maximum atomic E-state index is 12.6. The predicted octanol–water partition coefficient (Wildman–Crippen LogP) is 1.85. The van der Waals surface area contributed by atoms with Crippen LogP contribution in [-0.4, -0.2) is 48.3 Å². The highest BCUT2D eigenvalue weighted by Gasteiger charge is 2.38. The first-order valence-corrected chi connectivity index (χ1v) is 8.79. The van der Waals surface area contributed by atoms with Crippen molar-refractivity contribution in [3.8, 4) is 11.4 Å². The van der Waals surface area contributed by atoms with Gasteiger partial charge < -0.3 is 19.6 Å². The number of halogens is 3. The Labute approximate surface area is 162 Å². The number of piperazine rings is 1. The second-order valence-electron chi connectivity index (χ2n) is 6.80. The van der Waals surface area contributed by atoms with Crippen molar-refractivity contribution in [1.29, 1.82) is 0 Å². The molecule has 0 amide bonds. The lowest BCUT2D eigenvalue weighted by Gasteiger charge is -2.35. The number of hydrogen-bond donors (Lipinski definition) is 1. The number of nitrogens with zero attached hydrogens (tertiary/aromatic N) is 4. The predicted molar refractivity (Wildman–Crippen MR) is 99.1 cm³/mol. The van der Waals surface area contributed by atoms with E-state index >= 15 is 0 Å². The summed E-state index contributed by atoms with van der Waals surface area (Å²) >= 11 is 0. The van der Waals surface area contributed by atoms with Crippen LogP contribution < -0.4 is 21.1 Å². The van der Waals surface area contributed by atoms with E-state index in [1.54, 1.807) is 12.1 Å². The Balaban J connectivity index is 1.52. The van der Waals surface area contributed by atoms with Gasteiger partial charge in [0.25, 0.3) is 10.9 Å². The van der Waals surface area contributed by atoms with E-state index in [0.29, 0.717) is 30.0 Å². The number of aromatic nitrogens is 2. The van der Waals surface area contributed by atoms with E-state index < -0.39 is 22.9 Å². The van der Waals surface area contributed by atoms with Gasteiger partial charge in [0.1, 0.15) is 11.4 Å². The molecule has 11 heteroatoms. The minimum absolute atomic E-state index is 0.198. The van der Waals surface area contributed by atoms with E-state index in [4.69, 9.17) is 0 Å². The molecule has 152 valence electrons. The summed E-state index contributed by atoms with van der Waals surface area (Å²) in [6.45, 7) is 2.87. The van der Waals surface area contributed by atoms with E-state index in [9.17, 15) is 22.8 Å². The molecule has 3 aromatic rings. The van der Waals surface area contributed by atoms with Gasteiger partial charge in [0.2, 0.25) is 5.82 Å². The first kappa shape index (κ1) is 19.1. The standard InChI is InChI=1S/C18H16F3N5O3/c1-25-6-8-26(9-7-25)13-12(14(27)15(13)28)22-11-4-2-10(3-5-11)16-23-17(29-24-16)18(19,20)21/h2-5,22H,6-9H2,1H3. The van der Waals surface area contributed by atoms with Crippen molar-refractivity contribution in [2.45, 2.75) is 6.18 Å². The molecule has 2 aromatic carbocycles. The second kappa shape index (κ2) is 6.99. The normalized spacial score (nSPS) is 15.8. The third-order valence-corrected chi connectivity index (χ3v) is 4.79. The lowest BCUT2D eigenvalue weighted by atomic mass is 10.1. The van der Waals surface area contributed by atoms with E-state index in [2.05, 4.69) is 24.9 Å². The maximum absolute atomic E-state index is 12.6. The van der Waals surface area contributed by atoms with E-state index in [1.165, 1.54) is 12.1 Å². The van der Waals surface area contributed by atoms with Crippen molar-refractivity contribution in [1.82, 2.24) is 15.0 Å². The highest BCUT2D eigenvalue weighted by atomic mass is 19.4. The molecule has 29 heavy (non-hydrogen) atoms. The summed E-state index contributed by atoms with van der Waals surface area (Å²) in [5.74, 6) is -1.62. The number of hydrogen-bond acceptors (Lipinski definition) is 8. The Hall–Kier alpha value is -3.21. The van der Waals surface area contributed by atoms with Gasteiger partial charge in [-0.1, -0.05) is 5.16 Å².